The highest BCUT2D eigenvalue weighted by molar-refractivity contribution is 5.69. The summed E-state index contributed by atoms with van der Waals surface area (Å²) >= 11 is 0. The quantitative estimate of drug-likeness (QED) is 0.666. The Labute approximate surface area is 117 Å². The van der Waals surface area contributed by atoms with E-state index in [1.54, 1.807) is 0 Å². The molecule has 1 amide bonds. The van der Waals surface area contributed by atoms with Crippen molar-refractivity contribution in [3.63, 3.8) is 0 Å². The molecule has 2 rings (SSSR count). The van der Waals surface area contributed by atoms with Gasteiger partial charge in [-0.1, -0.05) is 32.6 Å². The van der Waals surface area contributed by atoms with Crippen LogP contribution >= 0.6 is 0 Å². The van der Waals surface area contributed by atoms with Gasteiger partial charge in [0, 0.05) is 12.6 Å². The van der Waals surface area contributed by atoms with Gasteiger partial charge in [0.1, 0.15) is 6.61 Å². The summed E-state index contributed by atoms with van der Waals surface area (Å²) in [5.74, 6) is 0. The zero-order valence-corrected chi connectivity index (χ0v) is 12.3. The van der Waals surface area contributed by atoms with Crippen LogP contribution in [0.1, 0.15) is 51.9 Å². The highest BCUT2D eigenvalue weighted by Crippen LogP contribution is 2.18. The third-order valence-corrected chi connectivity index (χ3v) is 4.29. The molecule has 4 heteroatoms. The van der Waals surface area contributed by atoms with Crippen molar-refractivity contribution in [3.8, 4) is 0 Å². The van der Waals surface area contributed by atoms with E-state index < -0.39 is 0 Å². The molecule has 2 fully saturated rings. The fraction of sp³-hybridized carbons (Fsp3) is 0.933. The molecule has 4 nitrogen and oxygen atoms in total. The number of hydrogen-bond acceptors (Lipinski definition) is 3. The van der Waals surface area contributed by atoms with Gasteiger partial charge in [-0.3, -0.25) is 0 Å². The third kappa shape index (κ3) is 4.37. The zero-order valence-electron chi connectivity index (χ0n) is 12.3. The summed E-state index contributed by atoms with van der Waals surface area (Å²) < 4.78 is 5.11. The lowest BCUT2D eigenvalue weighted by molar-refractivity contribution is 0.123. The average Bonchev–Trinajstić information content (AvgIpc) is 2.85. The van der Waals surface area contributed by atoms with E-state index in [9.17, 15) is 4.79 Å². The minimum absolute atomic E-state index is 0.0986. The van der Waals surface area contributed by atoms with Crippen LogP contribution < -0.4 is 0 Å². The number of cyclic esters (lactones) is 1. The topological polar surface area (TPSA) is 32.8 Å². The van der Waals surface area contributed by atoms with Crippen molar-refractivity contribution < 1.29 is 9.53 Å². The molecule has 2 aliphatic heterocycles. The summed E-state index contributed by atoms with van der Waals surface area (Å²) in [6.07, 6.45) is 8.73. The van der Waals surface area contributed by atoms with Crippen molar-refractivity contribution in [3.05, 3.63) is 0 Å². The maximum atomic E-state index is 11.8. The summed E-state index contributed by atoms with van der Waals surface area (Å²) in [6, 6.07) is 0.361. The number of nitrogens with zero attached hydrogens (tertiary/aromatic N) is 2. The maximum Gasteiger partial charge on any atom is 0.410 e. The van der Waals surface area contributed by atoms with Gasteiger partial charge < -0.3 is 14.5 Å². The van der Waals surface area contributed by atoms with Gasteiger partial charge in [0.2, 0.25) is 0 Å². The first-order chi connectivity index (χ1) is 9.31. The van der Waals surface area contributed by atoms with Crippen molar-refractivity contribution in [2.24, 2.45) is 0 Å². The molecule has 2 heterocycles. The minimum atomic E-state index is -0.0986. The van der Waals surface area contributed by atoms with Crippen molar-refractivity contribution in [1.29, 1.82) is 0 Å². The number of amides is 1. The lowest BCUT2D eigenvalue weighted by atomic mass is 10.0. The standard InChI is InChI=1S/C15H28N2O2/c1-2-3-5-8-14(17-11-12-19-15(17)18)13-16-9-6-4-7-10-16/h14H,2-13H2,1H3. The summed E-state index contributed by atoms with van der Waals surface area (Å²) in [4.78, 5) is 16.3. The van der Waals surface area contributed by atoms with Crippen LogP contribution in [-0.4, -0.2) is 54.7 Å². The highest BCUT2D eigenvalue weighted by Gasteiger charge is 2.30. The Morgan fingerprint density at radius 3 is 2.58 bits per heavy atom. The molecule has 19 heavy (non-hydrogen) atoms. The Balaban J connectivity index is 1.86. The minimum Gasteiger partial charge on any atom is -0.448 e. The average molecular weight is 268 g/mol. The molecular weight excluding hydrogens is 240 g/mol. The molecule has 0 bridgehead atoms. The van der Waals surface area contributed by atoms with E-state index in [1.807, 2.05) is 4.90 Å². The van der Waals surface area contributed by atoms with Crippen molar-refractivity contribution in [1.82, 2.24) is 9.80 Å². The molecule has 1 atom stereocenters. The van der Waals surface area contributed by atoms with Crippen molar-refractivity contribution in [2.75, 3.05) is 32.8 Å². The van der Waals surface area contributed by atoms with Crippen molar-refractivity contribution in [2.45, 2.75) is 57.9 Å². The van der Waals surface area contributed by atoms with Crippen LogP contribution in [0.2, 0.25) is 0 Å². The number of hydrogen-bond donors (Lipinski definition) is 0. The molecule has 2 saturated heterocycles. The molecule has 0 aromatic heterocycles. The van der Waals surface area contributed by atoms with Gasteiger partial charge in [-0.25, -0.2) is 4.79 Å². The maximum absolute atomic E-state index is 11.8. The largest absolute Gasteiger partial charge is 0.448 e. The first-order valence-corrected chi connectivity index (χ1v) is 7.97. The Morgan fingerprint density at radius 2 is 1.95 bits per heavy atom. The fourth-order valence-corrected chi connectivity index (χ4v) is 3.15. The van der Waals surface area contributed by atoms with Gasteiger partial charge in [0.05, 0.1) is 6.54 Å². The van der Waals surface area contributed by atoms with Crippen LogP contribution in [0.4, 0.5) is 4.79 Å². The number of likely N-dealkylation sites (tertiary alicyclic amines) is 1. The van der Waals surface area contributed by atoms with E-state index in [-0.39, 0.29) is 6.09 Å². The van der Waals surface area contributed by atoms with E-state index in [2.05, 4.69) is 11.8 Å². The van der Waals surface area contributed by atoms with E-state index in [0.29, 0.717) is 12.6 Å². The summed E-state index contributed by atoms with van der Waals surface area (Å²) in [5, 5.41) is 0. The predicted octanol–water partition coefficient (Wildman–Crippen LogP) is 2.87. The molecule has 1 unspecified atom stereocenters. The molecule has 110 valence electrons. The number of unbranched alkanes of at least 4 members (excludes halogenated alkanes) is 2. The van der Waals surface area contributed by atoms with Crippen LogP contribution in [0.15, 0.2) is 0 Å². The van der Waals surface area contributed by atoms with Crippen LogP contribution in [0.5, 0.6) is 0 Å². The molecule has 0 aromatic carbocycles. The normalized spacial score (nSPS) is 22.6. The summed E-state index contributed by atoms with van der Waals surface area (Å²) in [6.45, 7) is 7.02. The molecule has 0 aromatic rings. The van der Waals surface area contributed by atoms with Gasteiger partial charge in [-0.15, -0.1) is 0 Å². The summed E-state index contributed by atoms with van der Waals surface area (Å²) in [5.41, 5.74) is 0. The SMILES string of the molecule is CCCCCC(CN1CCCCC1)N1CCOC1=O. The number of rotatable bonds is 7. The van der Waals surface area contributed by atoms with Gasteiger partial charge in [-0.05, 0) is 32.4 Å². The zero-order chi connectivity index (χ0) is 13.5. The molecule has 0 aliphatic carbocycles. The molecular formula is C15H28N2O2. The summed E-state index contributed by atoms with van der Waals surface area (Å²) in [7, 11) is 0. The Morgan fingerprint density at radius 1 is 1.16 bits per heavy atom. The molecule has 0 radical (unpaired) electrons. The second-order valence-electron chi connectivity index (χ2n) is 5.82. The van der Waals surface area contributed by atoms with Gasteiger partial charge in [0.25, 0.3) is 0 Å². The monoisotopic (exact) mass is 268 g/mol. The van der Waals surface area contributed by atoms with Crippen molar-refractivity contribution >= 4 is 6.09 Å². The Kier molecular flexibility index (Phi) is 5.95. The number of carbonyl (C=O) groups is 1. The Hall–Kier alpha value is -0.770. The fourth-order valence-electron chi connectivity index (χ4n) is 3.15. The number of ether oxygens (including phenoxy) is 1. The first kappa shape index (κ1) is 14.6. The number of carbonyl (C=O) groups excluding carboxylic acids is 1. The smallest absolute Gasteiger partial charge is 0.410 e. The molecule has 0 spiro atoms. The van der Waals surface area contributed by atoms with E-state index in [0.717, 1.165) is 19.5 Å². The van der Waals surface area contributed by atoms with E-state index in [1.165, 1.54) is 51.6 Å². The second kappa shape index (κ2) is 7.73. The van der Waals surface area contributed by atoms with Crippen LogP contribution in [0, 0.1) is 0 Å². The predicted molar refractivity (Wildman–Crippen MR) is 76.3 cm³/mol. The van der Waals surface area contributed by atoms with Crippen LogP contribution in [-0.2, 0) is 4.74 Å². The Bertz CT molecular complexity index is 277. The molecule has 0 N–H and O–H groups in total. The molecule has 2 aliphatic rings. The van der Waals surface area contributed by atoms with E-state index in [4.69, 9.17) is 4.74 Å². The molecule has 0 saturated carbocycles. The highest BCUT2D eigenvalue weighted by atomic mass is 16.6. The van der Waals surface area contributed by atoms with Gasteiger partial charge in [0.15, 0.2) is 0 Å². The second-order valence-corrected chi connectivity index (χ2v) is 5.82. The number of piperidine rings is 1. The van der Waals surface area contributed by atoms with E-state index >= 15 is 0 Å². The van der Waals surface area contributed by atoms with Crippen LogP contribution in [0.25, 0.3) is 0 Å². The van der Waals surface area contributed by atoms with Gasteiger partial charge in [-0.2, -0.15) is 0 Å². The lowest BCUT2D eigenvalue weighted by Gasteiger charge is -2.34. The van der Waals surface area contributed by atoms with Crippen LogP contribution in [0.3, 0.4) is 0 Å². The van der Waals surface area contributed by atoms with Gasteiger partial charge >= 0.3 is 6.09 Å². The lowest BCUT2D eigenvalue weighted by Crippen LogP contribution is -2.46. The first-order valence-electron chi connectivity index (χ1n) is 7.97. The third-order valence-electron chi connectivity index (χ3n) is 4.29.